The Morgan fingerprint density at radius 3 is 2.30 bits per heavy atom. The number of halogens is 1. The lowest BCUT2D eigenvalue weighted by Gasteiger charge is -2.10. The summed E-state index contributed by atoms with van der Waals surface area (Å²) in [5.74, 6) is -0.581. The van der Waals surface area contributed by atoms with E-state index in [0.29, 0.717) is 5.75 Å². The number of nitrogens with two attached hydrogens (primary N) is 1. The molecule has 0 radical (unpaired) electrons. The second-order valence-electron chi connectivity index (χ2n) is 8.04. The molecule has 0 saturated heterocycles. The molecule has 0 aliphatic heterocycles. The number of urea groups is 1. The topological polar surface area (TPSA) is 239 Å². The largest absolute Gasteiger partial charge is 0.478 e. The minimum atomic E-state index is -4.43. The molecule has 0 aliphatic carbocycles. The Hall–Kier alpha value is -5.55. The second kappa shape index (κ2) is 13.9. The number of nitrogen functional groups attached to an aromatic ring is 1. The Morgan fingerprint density at radius 2 is 1.67 bits per heavy atom. The second-order valence-corrected chi connectivity index (χ2v) is 10.1. The molecule has 16 nitrogen and oxygen atoms in total. The van der Waals surface area contributed by atoms with Crippen molar-refractivity contribution in [3.63, 3.8) is 0 Å². The van der Waals surface area contributed by atoms with Gasteiger partial charge in [0.25, 0.3) is 15.7 Å². The van der Waals surface area contributed by atoms with Crippen molar-refractivity contribution in [3.05, 3.63) is 93.3 Å². The molecular weight excluding hydrogens is 610 g/mol. The molecule has 0 unspecified atom stereocenters. The fraction of sp³-hybridized carbons (Fsp3) is 0.0800. The zero-order chi connectivity index (χ0) is 31.7. The summed E-state index contributed by atoms with van der Waals surface area (Å²) < 4.78 is 36.5. The molecule has 2 amide bonds. The molecule has 4 rings (SSSR count). The number of carbonyl (C=O) groups excluding carboxylic acids is 1. The summed E-state index contributed by atoms with van der Waals surface area (Å²) in [6.07, 6.45) is 0. The third-order valence-electron chi connectivity index (χ3n) is 5.06. The molecule has 5 N–H and O–H groups in total. The number of nitro groups is 1. The van der Waals surface area contributed by atoms with E-state index in [1.165, 1.54) is 38.3 Å². The van der Waals surface area contributed by atoms with Gasteiger partial charge in [-0.05, 0) is 37.3 Å². The predicted molar refractivity (Wildman–Crippen MR) is 153 cm³/mol. The number of nitrogens with zero attached hydrogens (tertiary/aromatic N) is 4. The monoisotopic (exact) mass is 631 g/mol. The average Bonchev–Trinajstić information content (AvgIpc) is 2.95. The Morgan fingerprint density at radius 1 is 1.02 bits per heavy atom. The van der Waals surface area contributed by atoms with Crippen LogP contribution in [0.4, 0.5) is 22.1 Å². The Balaban J connectivity index is 0.000000248. The number of benzene rings is 3. The van der Waals surface area contributed by atoms with Crippen molar-refractivity contribution in [2.75, 3.05) is 18.2 Å². The summed E-state index contributed by atoms with van der Waals surface area (Å²) in [6, 6.07) is 15.3. The minimum absolute atomic E-state index is 0.0352. The number of hydrogen-bond acceptors (Lipinski definition) is 12. The normalized spacial score (nSPS) is 10.5. The van der Waals surface area contributed by atoms with Gasteiger partial charge in [-0.25, -0.2) is 22.7 Å². The Labute approximate surface area is 248 Å². The highest BCUT2D eigenvalue weighted by Gasteiger charge is 2.24. The van der Waals surface area contributed by atoms with E-state index in [9.17, 15) is 28.1 Å². The number of sulfonamides is 1. The number of para-hydroxylation sites is 1. The lowest BCUT2D eigenvalue weighted by atomic mass is 10.2. The summed E-state index contributed by atoms with van der Waals surface area (Å²) in [6.45, 7) is 1.52. The van der Waals surface area contributed by atoms with Gasteiger partial charge in [0.15, 0.2) is 0 Å². The van der Waals surface area contributed by atoms with Gasteiger partial charge >= 0.3 is 18.0 Å². The zero-order valence-corrected chi connectivity index (χ0v) is 23.8. The quantitative estimate of drug-likeness (QED) is 0.122. The van der Waals surface area contributed by atoms with Crippen LogP contribution in [-0.2, 0) is 10.0 Å². The molecule has 43 heavy (non-hydrogen) atoms. The number of nitrogens with one attached hydrogen (secondary N) is 2. The summed E-state index contributed by atoms with van der Waals surface area (Å²) >= 11 is 5.94. The maximum atomic E-state index is 12.2. The lowest BCUT2D eigenvalue weighted by molar-refractivity contribution is -0.383. The average molecular weight is 632 g/mol. The van der Waals surface area contributed by atoms with E-state index in [0.717, 1.165) is 12.1 Å². The van der Waals surface area contributed by atoms with E-state index >= 15 is 0 Å². The molecule has 0 aliphatic rings. The van der Waals surface area contributed by atoms with Crippen molar-refractivity contribution >= 4 is 50.9 Å². The molecule has 0 saturated carbocycles. The summed E-state index contributed by atoms with van der Waals surface area (Å²) in [5.41, 5.74) is 4.78. The van der Waals surface area contributed by atoms with E-state index in [4.69, 9.17) is 31.9 Å². The van der Waals surface area contributed by atoms with Crippen LogP contribution in [0.2, 0.25) is 5.02 Å². The van der Waals surface area contributed by atoms with Gasteiger partial charge in [-0.15, -0.1) is 0 Å². The first-order valence-electron chi connectivity index (χ1n) is 11.7. The number of ether oxygens (including phenoxy) is 2. The fourth-order valence-electron chi connectivity index (χ4n) is 3.20. The van der Waals surface area contributed by atoms with Crippen LogP contribution < -0.4 is 25.2 Å². The first kappa shape index (κ1) is 32.0. The third-order valence-corrected chi connectivity index (χ3v) is 6.84. The predicted octanol–water partition coefficient (Wildman–Crippen LogP) is 4.02. The zero-order valence-electron chi connectivity index (χ0n) is 22.2. The van der Waals surface area contributed by atoms with E-state index in [2.05, 4.69) is 20.3 Å². The third kappa shape index (κ3) is 8.47. The summed E-state index contributed by atoms with van der Waals surface area (Å²) in [7, 11) is -3.11. The molecule has 224 valence electrons. The molecular formula is C25H22ClN7O9S. The number of anilines is 2. The van der Waals surface area contributed by atoms with Crippen LogP contribution in [0.1, 0.15) is 16.2 Å². The van der Waals surface area contributed by atoms with Crippen LogP contribution in [0.25, 0.3) is 0 Å². The smallest absolute Gasteiger partial charge is 0.337 e. The highest BCUT2D eigenvalue weighted by molar-refractivity contribution is 7.90. The molecule has 1 aromatic heterocycles. The van der Waals surface area contributed by atoms with Crippen molar-refractivity contribution in [1.82, 2.24) is 19.7 Å². The molecule has 0 spiro atoms. The van der Waals surface area contributed by atoms with Gasteiger partial charge in [-0.2, -0.15) is 15.0 Å². The number of amides is 2. The van der Waals surface area contributed by atoms with Crippen LogP contribution in [-0.4, -0.2) is 52.5 Å². The van der Waals surface area contributed by atoms with Crippen molar-refractivity contribution in [2.24, 2.45) is 0 Å². The molecule has 18 heteroatoms. The van der Waals surface area contributed by atoms with Crippen LogP contribution in [0.15, 0.2) is 71.6 Å². The standard InChI is InChI=1S/C13H13N5O6S.C12H9ClN2O3/c1-7-14-11(17-13(15-7)24-2)16-12(21)18-25(22,23)9-6-4-3-5-8(9)10(19)20;13-11-10(18-8-4-2-1-3-5-8)7-6-9(12(11)14)15(16)17/h3-6H,1-2H3,(H,19,20)(H2,14,15,16,17,18,21);1-7H,14H2. The molecule has 0 atom stereocenters. The molecule has 0 bridgehead atoms. The van der Waals surface area contributed by atoms with Crippen LogP contribution >= 0.6 is 11.6 Å². The number of aryl methyl sites for hydroxylation is 1. The maximum absolute atomic E-state index is 12.2. The van der Waals surface area contributed by atoms with Gasteiger partial charge in [0, 0.05) is 6.07 Å². The lowest BCUT2D eigenvalue weighted by Crippen LogP contribution is -2.35. The number of carboxylic acids is 1. The summed E-state index contributed by atoms with van der Waals surface area (Å²) in [5, 5.41) is 21.9. The molecule has 4 aromatic rings. The van der Waals surface area contributed by atoms with Crippen molar-refractivity contribution < 1.29 is 37.5 Å². The van der Waals surface area contributed by atoms with Crippen molar-refractivity contribution in [3.8, 4) is 17.5 Å². The van der Waals surface area contributed by atoms with Gasteiger partial charge in [0.1, 0.15) is 32.9 Å². The summed E-state index contributed by atoms with van der Waals surface area (Å²) in [4.78, 5) is 43.9. The van der Waals surface area contributed by atoms with Crippen molar-refractivity contribution in [1.29, 1.82) is 0 Å². The minimum Gasteiger partial charge on any atom is -0.478 e. The van der Waals surface area contributed by atoms with Gasteiger partial charge in [0.2, 0.25) is 5.95 Å². The maximum Gasteiger partial charge on any atom is 0.337 e. The number of hydrogen-bond donors (Lipinski definition) is 4. The number of aromatic nitrogens is 3. The van der Waals surface area contributed by atoms with Gasteiger partial charge in [-0.1, -0.05) is 41.9 Å². The number of aromatic carboxylic acids is 1. The van der Waals surface area contributed by atoms with Crippen LogP contribution in [0.3, 0.4) is 0 Å². The number of carboxylic acid groups (broad SMARTS) is 1. The first-order chi connectivity index (χ1) is 20.3. The van der Waals surface area contributed by atoms with E-state index < -0.39 is 37.4 Å². The van der Waals surface area contributed by atoms with Crippen LogP contribution in [0.5, 0.6) is 17.5 Å². The van der Waals surface area contributed by atoms with E-state index in [-0.39, 0.29) is 39.9 Å². The number of methoxy groups -OCH3 is 1. The van der Waals surface area contributed by atoms with Gasteiger partial charge in [0.05, 0.1) is 17.6 Å². The molecule has 0 fully saturated rings. The number of carbonyl (C=O) groups is 2. The highest BCUT2D eigenvalue weighted by atomic mass is 35.5. The Kier molecular flexibility index (Phi) is 10.3. The highest BCUT2D eigenvalue weighted by Crippen LogP contribution is 2.38. The molecule has 1 heterocycles. The van der Waals surface area contributed by atoms with Gasteiger partial charge < -0.3 is 20.3 Å². The fourth-order valence-corrected chi connectivity index (χ4v) is 4.51. The number of rotatable bonds is 8. The SMILES string of the molecule is COc1nc(C)nc(NC(=O)NS(=O)(=O)c2ccccc2C(=O)O)n1.Nc1c([N+](=O)[O-])ccc(Oc2ccccc2)c1Cl. The van der Waals surface area contributed by atoms with Crippen molar-refractivity contribution in [2.45, 2.75) is 11.8 Å². The van der Waals surface area contributed by atoms with E-state index in [1.807, 2.05) is 6.07 Å². The Bertz CT molecular complexity index is 1770. The molecule has 3 aromatic carbocycles. The van der Waals surface area contributed by atoms with Gasteiger partial charge in [-0.3, -0.25) is 15.4 Å². The van der Waals surface area contributed by atoms with Crippen LogP contribution in [0, 0.1) is 17.0 Å². The van der Waals surface area contributed by atoms with E-state index in [1.54, 1.807) is 29.0 Å². The first-order valence-corrected chi connectivity index (χ1v) is 13.6. The number of nitro benzene ring substituents is 1.